The van der Waals surface area contributed by atoms with Crippen LogP contribution in [0.2, 0.25) is 0 Å². The fraction of sp³-hybridized carbons (Fsp3) is 0.500. The van der Waals surface area contributed by atoms with Crippen LogP contribution in [0, 0.1) is 6.92 Å². The summed E-state index contributed by atoms with van der Waals surface area (Å²) >= 11 is 0. The number of aliphatic hydroxyl groups is 1. The van der Waals surface area contributed by atoms with Gasteiger partial charge in [-0.15, -0.1) is 0 Å². The van der Waals surface area contributed by atoms with Crippen LogP contribution in [0.25, 0.3) is 10.9 Å². The Bertz CT molecular complexity index is 687. The number of aliphatic hydroxyl groups excluding tert-OH is 1. The largest absolute Gasteiger partial charge is 0.392 e. The van der Waals surface area contributed by atoms with Gasteiger partial charge in [0.15, 0.2) is 0 Å². The number of nitrogens with one attached hydrogen (secondary N) is 1. The molecule has 1 atom stereocenters. The number of hydrogen-bond donors (Lipinski definition) is 2. The number of aryl methyl sites for hydroxylation is 1. The number of hydrogen-bond acceptors (Lipinski definition) is 3. The summed E-state index contributed by atoms with van der Waals surface area (Å²) in [7, 11) is 0. The third kappa shape index (κ3) is 3.26. The highest BCUT2D eigenvalue weighted by molar-refractivity contribution is 6.08. The Morgan fingerprint density at radius 2 is 1.96 bits per heavy atom. The van der Waals surface area contributed by atoms with Crippen LogP contribution >= 0.6 is 0 Å². The zero-order valence-electron chi connectivity index (χ0n) is 13.9. The summed E-state index contributed by atoms with van der Waals surface area (Å²) in [6.07, 6.45) is 0.501. The summed E-state index contributed by atoms with van der Waals surface area (Å²) in [5.41, 5.74) is 2.74. The molecular formula is C18H25N3O2. The number of aromatic nitrogens is 1. The molecule has 0 aliphatic carbocycles. The van der Waals surface area contributed by atoms with E-state index in [0.717, 1.165) is 41.7 Å². The van der Waals surface area contributed by atoms with Gasteiger partial charge in [0.2, 0.25) is 0 Å². The Labute approximate surface area is 136 Å². The molecule has 5 heteroatoms. The second-order valence-electron chi connectivity index (χ2n) is 6.33. The standard InChI is InChI=1S/C18H25N3O2/c1-3-14(22)12-20-8-10-21(11-9-20)18(23)17-13(2)19-16-7-5-4-6-15(16)17/h4-7,14,19,22H,3,8-12H2,1-2H3/t14-/m0/s1. The summed E-state index contributed by atoms with van der Waals surface area (Å²) in [4.78, 5) is 20.4. The molecule has 2 aromatic rings. The molecule has 1 aromatic heterocycles. The van der Waals surface area contributed by atoms with E-state index in [9.17, 15) is 9.90 Å². The Hall–Kier alpha value is -1.85. The van der Waals surface area contributed by atoms with Crippen molar-refractivity contribution in [2.75, 3.05) is 32.7 Å². The number of carbonyl (C=O) groups excluding carboxylic acids is 1. The van der Waals surface area contributed by atoms with Crippen molar-refractivity contribution in [3.63, 3.8) is 0 Å². The van der Waals surface area contributed by atoms with E-state index in [4.69, 9.17) is 0 Å². The molecule has 1 aliphatic heterocycles. The van der Waals surface area contributed by atoms with E-state index in [1.54, 1.807) is 0 Å². The Morgan fingerprint density at radius 3 is 2.65 bits per heavy atom. The summed E-state index contributed by atoms with van der Waals surface area (Å²) in [6.45, 7) is 7.73. The zero-order chi connectivity index (χ0) is 16.4. The van der Waals surface area contributed by atoms with Gasteiger partial charge in [0, 0.05) is 49.3 Å². The molecule has 0 saturated carbocycles. The molecule has 0 unspecified atom stereocenters. The topological polar surface area (TPSA) is 59.6 Å². The number of fused-ring (bicyclic) bond motifs is 1. The van der Waals surface area contributed by atoms with Crippen molar-refractivity contribution in [1.82, 2.24) is 14.8 Å². The minimum atomic E-state index is -0.270. The number of para-hydroxylation sites is 1. The molecule has 3 rings (SSSR count). The van der Waals surface area contributed by atoms with Gasteiger partial charge in [-0.05, 0) is 19.4 Å². The van der Waals surface area contributed by atoms with E-state index in [-0.39, 0.29) is 12.0 Å². The molecule has 5 nitrogen and oxygen atoms in total. The number of H-pyrrole nitrogens is 1. The SMILES string of the molecule is CC[C@H](O)CN1CCN(C(=O)c2c(C)[nH]c3ccccc23)CC1. The van der Waals surface area contributed by atoms with Crippen LogP contribution in [0.15, 0.2) is 24.3 Å². The van der Waals surface area contributed by atoms with Gasteiger partial charge < -0.3 is 15.0 Å². The molecule has 23 heavy (non-hydrogen) atoms. The second kappa shape index (κ2) is 6.72. The van der Waals surface area contributed by atoms with Gasteiger partial charge in [0.05, 0.1) is 11.7 Å². The molecule has 1 aliphatic rings. The van der Waals surface area contributed by atoms with Gasteiger partial charge in [-0.1, -0.05) is 25.1 Å². The molecule has 0 bridgehead atoms. The minimum Gasteiger partial charge on any atom is -0.392 e. The van der Waals surface area contributed by atoms with Gasteiger partial charge in [0.25, 0.3) is 5.91 Å². The normalized spacial score (nSPS) is 17.6. The average molecular weight is 315 g/mol. The highest BCUT2D eigenvalue weighted by Crippen LogP contribution is 2.23. The highest BCUT2D eigenvalue weighted by Gasteiger charge is 2.26. The monoisotopic (exact) mass is 315 g/mol. The number of aromatic amines is 1. The molecule has 0 spiro atoms. The number of piperazine rings is 1. The molecule has 2 N–H and O–H groups in total. The molecule has 1 amide bonds. The van der Waals surface area contributed by atoms with Crippen LogP contribution in [0.4, 0.5) is 0 Å². The molecule has 2 heterocycles. The van der Waals surface area contributed by atoms with Gasteiger partial charge >= 0.3 is 0 Å². The molecule has 1 saturated heterocycles. The summed E-state index contributed by atoms with van der Waals surface area (Å²) < 4.78 is 0. The Kier molecular flexibility index (Phi) is 4.68. The number of β-amino-alcohol motifs (C(OH)–C–C–N with tert-alkyl or cyclic N) is 1. The number of nitrogens with zero attached hydrogens (tertiary/aromatic N) is 2. The Morgan fingerprint density at radius 1 is 1.26 bits per heavy atom. The number of carbonyl (C=O) groups is 1. The van der Waals surface area contributed by atoms with E-state index in [1.807, 2.05) is 43.0 Å². The van der Waals surface area contributed by atoms with Crippen molar-refractivity contribution in [2.24, 2.45) is 0 Å². The van der Waals surface area contributed by atoms with E-state index in [2.05, 4.69) is 9.88 Å². The van der Waals surface area contributed by atoms with Gasteiger partial charge in [-0.2, -0.15) is 0 Å². The first-order valence-corrected chi connectivity index (χ1v) is 8.37. The maximum absolute atomic E-state index is 12.9. The summed E-state index contributed by atoms with van der Waals surface area (Å²) in [5, 5.41) is 10.8. The van der Waals surface area contributed by atoms with E-state index >= 15 is 0 Å². The highest BCUT2D eigenvalue weighted by atomic mass is 16.3. The van der Waals surface area contributed by atoms with Crippen molar-refractivity contribution < 1.29 is 9.90 Å². The molecule has 1 fully saturated rings. The predicted molar refractivity (Wildman–Crippen MR) is 91.7 cm³/mol. The number of benzene rings is 1. The third-order valence-corrected chi connectivity index (χ3v) is 4.71. The van der Waals surface area contributed by atoms with Crippen molar-refractivity contribution >= 4 is 16.8 Å². The second-order valence-corrected chi connectivity index (χ2v) is 6.33. The van der Waals surface area contributed by atoms with Crippen LogP contribution < -0.4 is 0 Å². The lowest BCUT2D eigenvalue weighted by molar-refractivity contribution is 0.0525. The third-order valence-electron chi connectivity index (χ3n) is 4.71. The fourth-order valence-corrected chi connectivity index (χ4v) is 3.27. The van der Waals surface area contributed by atoms with Gasteiger partial charge in [0.1, 0.15) is 0 Å². The molecule has 124 valence electrons. The maximum Gasteiger partial charge on any atom is 0.256 e. The predicted octanol–water partition coefficient (Wildman–Crippen LogP) is 2.01. The smallest absolute Gasteiger partial charge is 0.256 e. The zero-order valence-corrected chi connectivity index (χ0v) is 13.9. The van der Waals surface area contributed by atoms with Crippen LogP contribution in [-0.2, 0) is 0 Å². The van der Waals surface area contributed by atoms with Crippen molar-refractivity contribution in [3.8, 4) is 0 Å². The first-order valence-electron chi connectivity index (χ1n) is 8.37. The number of rotatable bonds is 4. The first-order chi connectivity index (χ1) is 11.1. The lowest BCUT2D eigenvalue weighted by atomic mass is 10.1. The molecular weight excluding hydrogens is 290 g/mol. The summed E-state index contributed by atoms with van der Waals surface area (Å²) in [5.74, 6) is 0.107. The van der Waals surface area contributed by atoms with Crippen LogP contribution in [-0.4, -0.2) is 64.6 Å². The Balaban J connectivity index is 1.71. The minimum absolute atomic E-state index is 0.107. The van der Waals surface area contributed by atoms with Crippen molar-refractivity contribution in [1.29, 1.82) is 0 Å². The van der Waals surface area contributed by atoms with E-state index in [1.165, 1.54) is 0 Å². The van der Waals surface area contributed by atoms with E-state index in [0.29, 0.717) is 19.6 Å². The number of amides is 1. The molecule has 1 aromatic carbocycles. The lowest BCUT2D eigenvalue weighted by Crippen LogP contribution is -2.50. The van der Waals surface area contributed by atoms with E-state index < -0.39 is 0 Å². The maximum atomic E-state index is 12.9. The molecule has 0 radical (unpaired) electrons. The summed E-state index contributed by atoms with van der Waals surface area (Å²) in [6, 6.07) is 7.95. The fourth-order valence-electron chi connectivity index (χ4n) is 3.27. The van der Waals surface area contributed by atoms with Crippen LogP contribution in [0.5, 0.6) is 0 Å². The quantitative estimate of drug-likeness (QED) is 0.907. The van der Waals surface area contributed by atoms with Gasteiger partial charge in [-0.3, -0.25) is 9.69 Å². The lowest BCUT2D eigenvalue weighted by Gasteiger charge is -2.35. The van der Waals surface area contributed by atoms with Gasteiger partial charge in [-0.25, -0.2) is 0 Å². The first kappa shape index (κ1) is 16.0. The average Bonchev–Trinajstić information content (AvgIpc) is 2.90. The van der Waals surface area contributed by atoms with Crippen LogP contribution in [0.3, 0.4) is 0 Å². The van der Waals surface area contributed by atoms with Crippen molar-refractivity contribution in [2.45, 2.75) is 26.4 Å². The van der Waals surface area contributed by atoms with Crippen molar-refractivity contribution in [3.05, 3.63) is 35.5 Å². The van der Waals surface area contributed by atoms with Crippen LogP contribution in [0.1, 0.15) is 29.4 Å².